The molecule has 0 bridgehead atoms. The van der Waals surface area contributed by atoms with Gasteiger partial charge in [0.1, 0.15) is 42.3 Å². The number of rotatable bonds is 60. The fraction of sp³-hybridized carbons (Fsp3) is 0.506. The largest absolute Gasteiger partial charge is 0.370 e. The lowest BCUT2D eigenvalue weighted by molar-refractivity contribution is -0.134. The fourth-order valence-electron chi connectivity index (χ4n) is 12.5. The molecule has 0 heterocycles. The van der Waals surface area contributed by atoms with Crippen LogP contribution in [0.2, 0.25) is 0 Å². The van der Waals surface area contributed by atoms with Gasteiger partial charge in [0.15, 0.2) is 23.8 Å². The summed E-state index contributed by atoms with van der Waals surface area (Å²) in [5.74, 6) is -9.12. The van der Waals surface area contributed by atoms with Crippen LogP contribution in [0.5, 0.6) is 0 Å². The van der Waals surface area contributed by atoms with Crippen molar-refractivity contribution >= 4 is 94.7 Å². The van der Waals surface area contributed by atoms with Gasteiger partial charge >= 0.3 is 0 Å². The van der Waals surface area contributed by atoms with E-state index < -0.39 is 137 Å². The van der Waals surface area contributed by atoms with Crippen LogP contribution >= 0.6 is 0 Å². The molecule has 0 fully saturated rings. The van der Waals surface area contributed by atoms with E-state index in [2.05, 4.69) is 79.8 Å². The Morgan fingerprint density at radius 2 is 0.430 bits per heavy atom. The second kappa shape index (κ2) is 57.5. The number of benzene rings is 4. The van der Waals surface area contributed by atoms with Crippen molar-refractivity contribution in [3.8, 4) is 0 Å². The maximum absolute atomic E-state index is 15.0. The number of primary amides is 1. The summed E-state index contributed by atoms with van der Waals surface area (Å²) in [6, 6.07) is 22.5. The van der Waals surface area contributed by atoms with Crippen LogP contribution in [0.15, 0.2) is 121 Å². The van der Waals surface area contributed by atoms with E-state index in [1.165, 1.54) is 0 Å². The van der Waals surface area contributed by atoms with E-state index >= 15 is 0 Å². The normalized spacial score (nSPS) is 13.6. The maximum atomic E-state index is 15.0. The number of carbonyl (C=O) groups is 12. The zero-order chi connectivity index (χ0) is 88.9. The third-order valence-corrected chi connectivity index (χ3v) is 19.3. The first-order chi connectivity index (χ1) is 57.9. The van der Waals surface area contributed by atoms with Gasteiger partial charge in [-0.3, -0.25) is 79.2 Å². The van der Waals surface area contributed by atoms with E-state index in [0.717, 1.165) is 11.1 Å². The lowest BCUT2D eigenvalue weighted by atomic mass is 10.0. The van der Waals surface area contributed by atoms with Gasteiger partial charge in [0.05, 0.1) is 24.2 Å². The van der Waals surface area contributed by atoms with E-state index in [4.69, 9.17) is 73.2 Å². The van der Waals surface area contributed by atoms with Crippen LogP contribution in [-0.4, -0.2) is 214 Å². The third kappa shape index (κ3) is 43.6. The fourth-order valence-corrected chi connectivity index (χ4v) is 12.5. The minimum absolute atomic E-state index is 0.00538. The molecule has 11 atom stereocenters. The molecule has 0 spiro atoms. The van der Waals surface area contributed by atoms with E-state index in [9.17, 15) is 57.5 Å². The molecule has 0 radical (unpaired) electrons. The topological polar surface area (TPSA) is 715 Å². The highest BCUT2D eigenvalue weighted by Gasteiger charge is 2.34. The Kier molecular flexibility index (Phi) is 47.9. The highest BCUT2D eigenvalue weighted by atomic mass is 16.2. The summed E-state index contributed by atoms with van der Waals surface area (Å²) in [5.41, 5.74) is 55.0. The van der Waals surface area contributed by atoms with Crippen LogP contribution in [0, 0.1) is 21.6 Å². The van der Waals surface area contributed by atoms with Crippen molar-refractivity contribution in [2.75, 3.05) is 52.4 Å². The molecule has 37 N–H and O–H groups in total. The summed E-state index contributed by atoms with van der Waals surface area (Å²) in [6.45, 7) is 0.873. The van der Waals surface area contributed by atoms with Gasteiger partial charge in [0, 0.05) is 84.5 Å². The first-order valence-corrected chi connectivity index (χ1v) is 40.9. The van der Waals surface area contributed by atoms with Crippen LogP contribution < -0.4 is 131 Å². The van der Waals surface area contributed by atoms with E-state index in [1.807, 2.05) is 6.07 Å². The molecule has 0 aliphatic heterocycles. The van der Waals surface area contributed by atoms with Crippen LogP contribution in [0.25, 0.3) is 0 Å². The van der Waals surface area contributed by atoms with Gasteiger partial charge in [-0.2, -0.15) is 0 Å². The number of hydrogen-bond acceptors (Lipinski definition) is 20. The molecule has 0 unspecified atom stereocenters. The molecule has 0 aliphatic carbocycles. The molecule has 4 aromatic rings. The average molecular weight is 1690 g/mol. The zero-order valence-corrected chi connectivity index (χ0v) is 68.7. The van der Waals surface area contributed by atoms with Crippen molar-refractivity contribution in [3.05, 3.63) is 144 Å². The van der Waals surface area contributed by atoms with Crippen LogP contribution in [0.1, 0.15) is 138 Å². The molecular weight excluding hydrogens is 1560 g/mol. The number of nitrogens with two attached hydrogens (primary N) is 9. The molecule has 0 aliphatic rings. The highest BCUT2D eigenvalue weighted by Crippen LogP contribution is 2.14. The Hall–Kier alpha value is -12.6. The molecule has 4 aromatic carbocycles. The van der Waals surface area contributed by atoms with E-state index in [0.29, 0.717) is 49.9 Å². The summed E-state index contributed by atoms with van der Waals surface area (Å²) in [5, 5.41) is 71.0. The van der Waals surface area contributed by atoms with Crippen LogP contribution in [-0.2, 0) is 83.2 Å². The van der Waals surface area contributed by atoms with Gasteiger partial charge in [0.25, 0.3) is 0 Å². The molecule has 121 heavy (non-hydrogen) atoms. The third-order valence-electron chi connectivity index (χ3n) is 19.3. The van der Waals surface area contributed by atoms with Crippen LogP contribution in [0.4, 0.5) is 0 Å². The predicted molar refractivity (Wildman–Crippen MR) is 460 cm³/mol. The molecule has 0 aromatic heterocycles. The highest BCUT2D eigenvalue weighted by molar-refractivity contribution is 5.96. The molecule has 40 nitrogen and oxygen atoms in total. The number of amides is 12. The van der Waals surface area contributed by atoms with Crippen molar-refractivity contribution in [1.29, 1.82) is 21.6 Å². The molecular formula is C81H128N28O12. The molecule has 664 valence electrons. The van der Waals surface area contributed by atoms with Gasteiger partial charge in [-0.05, 0) is 131 Å². The zero-order valence-electron chi connectivity index (χ0n) is 68.7. The maximum Gasteiger partial charge on any atom is 0.243 e. The standard InChI is InChI=1S/C81H128N28O12/c82-55(31-19-42-99-78(87)88)67(111)106-62(47-51-23-5-1-6-24-51)73(117)96-40-17-14-35-59(104-76(120)64(49-53-27-9-3-10-28-53)108-69(113)57(84)33-21-44-101-80(91)92)71(115)95-39-16-13-36-60(72(116)98-46-38-66(86)110)103-75(119)61(105-77(121)65(50-54-29-11-4-12-30-54)109-70(114)58(85)34-22-45-102-81(93)94)37-15-18-41-97-74(118)63(48-52-25-7-2-8-26-52)107-68(112)56(83)32-20-43-100-79(89)90/h1-12,23-30,55-65H,13-22,31-50,82-85H2,(H2,86,110)(H,95,115)(H,96,117)(H,97,118)(H,98,116)(H,103,119)(H,104,120)(H,105,121)(H,106,111)(H,107,112)(H,108,113)(H,109,114)(H4,87,88,99)(H4,89,90,100)(H4,91,92,101)(H4,93,94,102)/t55-,56-,57-,58-,59-,60-,61-,62-,63-,64-,65-/m0/s1. The summed E-state index contributed by atoms with van der Waals surface area (Å²) in [6.07, 6.45) is 2.97. The first kappa shape index (κ1) is 101. The van der Waals surface area contributed by atoms with Crippen molar-refractivity contribution < 1.29 is 57.5 Å². The lowest BCUT2D eigenvalue weighted by Crippen LogP contribution is -2.58. The number of carbonyl (C=O) groups excluding carboxylic acids is 12. The Bertz CT molecular complexity index is 3930. The quantitative estimate of drug-likeness (QED) is 0.0113. The molecule has 0 saturated carbocycles. The Labute approximate surface area is 705 Å². The van der Waals surface area contributed by atoms with Crippen molar-refractivity contribution in [1.82, 2.24) is 79.8 Å². The summed E-state index contributed by atoms with van der Waals surface area (Å²) in [4.78, 5) is 167. The number of guanidine groups is 4. The van der Waals surface area contributed by atoms with Gasteiger partial charge in [-0.1, -0.05) is 121 Å². The minimum atomic E-state index is -1.43. The Balaban J connectivity index is 1.62. The second-order valence-electron chi connectivity index (χ2n) is 29.4. The number of unbranched alkanes of at least 4 members (excludes halogenated alkanes) is 3. The summed E-state index contributed by atoms with van der Waals surface area (Å²) >= 11 is 0. The summed E-state index contributed by atoms with van der Waals surface area (Å²) in [7, 11) is 0. The molecule has 0 saturated heterocycles. The SMILES string of the molecule is N=C(N)NCCC[C@H](N)C(=O)N[C@@H](Cc1ccccc1)C(=O)NCCCC[C@H](NC(=O)[C@H](Cc1ccccc1)NC(=O)[C@@H](N)CCCNC(=N)N)C(=O)NCCCC[C@H](NC(=O)[C@H](CCCCNC(=O)[C@H](Cc1ccccc1)NC(=O)[C@@H](N)CCCNC(=N)N)NC(=O)[C@H](Cc1ccccc1)NC(=O)[C@@H](N)CCCNC(=N)N)C(=O)NCCC(N)=O. The monoisotopic (exact) mass is 1690 g/mol. The first-order valence-electron chi connectivity index (χ1n) is 40.9. The van der Waals surface area contributed by atoms with Crippen molar-refractivity contribution in [2.24, 2.45) is 51.6 Å². The van der Waals surface area contributed by atoms with Crippen molar-refractivity contribution in [2.45, 2.75) is 208 Å². The van der Waals surface area contributed by atoms with Gasteiger partial charge in [-0.25, -0.2) is 0 Å². The average Bonchev–Trinajstić information content (AvgIpc) is 0.868. The number of hydrogen-bond donors (Lipinski definition) is 28. The summed E-state index contributed by atoms with van der Waals surface area (Å²) < 4.78 is 0. The smallest absolute Gasteiger partial charge is 0.243 e. The van der Waals surface area contributed by atoms with Gasteiger partial charge in [-0.15, -0.1) is 0 Å². The lowest BCUT2D eigenvalue weighted by Gasteiger charge is -2.26. The van der Waals surface area contributed by atoms with Gasteiger partial charge < -0.3 is 131 Å². The predicted octanol–water partition coefficient (Wildman–Crippen LogP) is -4.44. The van der Waals surface area contributed by atoms with E-state index in [-0.39, 0.29) is 179 Å². The Morgan fingerprint density at radius 1 is 0.231 bits per heavy atom. The van der Waals surface area contributed by atoms with Gasteiger partial charge in [0.2, 0.25) is 70.9 Å². The van der Waals surface area contributed by atoms with Crippen LogP contribution in [0.3, 0.4) is 0 Å². The molecule has 4 rings (SSSR count). The second-order valence-corrected chi connectivity index (χ2v) is 29.4. The van der Waals surface area contributed by atoms with Crippen molar-refractivity contribution in [3.63, 3.8) is 0 Å². The number of nitrogens with one attached hydrogen (secondary N) is 19. The minimum Gasteiger partial charge on any atom is -0.370 e. The molecule has 12 amide bonds. The van der Waals surface area contributed by atoms with E-state index in [1.54, 1.807) is 115 Å². The molecule has 40 heteroatoms. The Morgan fingerprint density at radius 3 is 0.669 bits per heavy atom.